The molecule has 0 aromatic carbocycles. The molecule has 2 aromatic rings. The van der Waals surface area contributed by atoms with Crippen molar-refractivity contribution in [2.45, 2.75) is 13.3 Å². The number of nitrogens with one attached hydrogen (secondary N) is 3. The van der Waals surface area contributed by atoms with Crippen molar-refractivity contribution in [3.63, 3.8) is 0 Å². The Labute approximate surface area is 86.1 Å². The number of aryl methyl sites for hydroxylation is 1. The molecule has 0 aliphatic rings. The van der Waals surface area contributed by atoms with Crippen molar-refractivity contribution >= 4 is 11.7 Å². The largest absolute Gasteiger partial charge is 0.305 e. The van der Waals surface area contributed by atoms with Gasteiger partial charge in [-0.3, -0.25) is 15.0 Å². The third-order valence-corrected chi connectivity index (χ3v) is 2.08. The molecule has 0 bridgehead atoms. The highest BCUT2D eigenvalue weighted by molar-refractivity contribution is 6.02. The summed E-state index contributed by atoms with van der Waals surface area (Å²) >= 11 is 0. The van der Waals surface area contributed by atoms with Crippen molar-refractivity contribution in [1.82, 2.24) is 20.4 Å². The van der Waals surface area contributed by atoms with Gasteiger partial charge in [0.25, 0.3) is 5.91 Å². The molecule has 0 spiro atoms. The second-order valence-electron chi connectivity index (χ2n) is 3.05. The van der Waals surface area contributed by atoms with E-state index in [1.165, 1.54) is 6.20 Å². The van der Waals surface area contributed by atoms with E-state index in [0.29, 0.717) is 11.5 Å². The zero-order chi connectivity index (χ0) is 10.7. The zero-order valence-electron chi connectivity index (χ0n) is 8.24. The standard InChI is InChI=1S/C9H11N5O/c1-2-6-5-11-14-8(6)12-9(15)7-3-4-10-13-7/h3-5H,2H2,1H3,(H,10,13)(H2,11,12,14,15). The van der Waals surface area contributed by atoms with Gasteiger partial charge in [-0.25, -0.2) is 0 Å². The Hall–Kier alpha value is -2.11. The van der Waals surface area contributed by atoms with E-state index in [-0.39, 0.29) is 5.91 Å². The van der Waals surface area contributed by atoms with Crippen LogP contribution < -0.4 is 5.32 Å². The first kappa shape index (κ1) is 9.45. The molecular weight excluding hydrogens is 194 g/mol. The lowest BCUT2D eigenvalue weighted by atomic mass is 10.2. The average Bonchev–Trinajstić information content (AvgIpc) is 2.87. The maximum absolute atomic E-state index is 11.6. The molecule has 15 heavy (non-hydrogen) atoms. The maximum atomic E-state index is 11.6. The summed E-state index contributed by atoms with van der Waals surface area (Å²) in [5, 5.41) is 15.6. The second kappa shape index (κ2) is 3.95. The summed E-state index contributed by atoms with van der Waals surface area (Å²) in [5.41, 5.74) is 1.40. The van der Waals surface area contributed by atoms with E-state index in [0.717, 1.165) is 12.0 Å². The minimum absolute atomic E-state index is 0.230. The number of rotatable bonds is 3. The summed E-state index contributed by atoms with van der Waals surface area (Å²) < 4.78 is 0. The number of carbonyl (C=O) groups excluding carboxylic acids is 1. The molecule has 2 rings (SSSR count). The molecule has 0 saturated carbocycles. The fourth-order valence-electron chi connectivity index (χ4n) is 1.25. The minimum Gasteiger partial charge on any atom is -0.305 e. The van der Waals surface area contributed by atoms with Gasteiger partial charge in [-0.2, -0.15) is 10.2 Å². The van der Waals surface area contributed by atoms with Crippen molar-refractivity contribution in [2.75, 3.05) is 5.32 Å². The Kier molecular flexibility index (Phi) is 2.49. The van der Waals surface area contributed by atoms with E-state index in [4.69, 9.17) is 0 Å². The number of anilines is 1. The molecule has 0 atom stereocenters. The first-order valence-corrected chi connectivity index (χ1v) is 4.64. The van der Waals surface area contributed by atoms with Gasteiger partial charge >= 0.3 is 0 Å². The molecule has 78 valence electrons. The molecule has 0 unspecified atom stereocenters. The SMILES string of the molecule is CCc1cn[nH]c1NC(=O)c1ccn[nH]1. The second-order valence-corrected chi connectivity index (χ2v) is 3.05. The van der Waals surface area contributed by atoms with Crippen LogP contribution in [0.5, 0.6) is 0 Å². The fraction of sp³-hybridized carbons (Fsp3) is 0.222. The van der Waals surface area contributed by atoms with E-state index < -0.39 is 0 Å². The van der Waals surface area contributed by atoms with Gasteiger partial charge in [0.1, 0.15) is 11.5 Å². The summed E-state index contributed by atoms with van der Waals surface area (Å²) in [6.07, 6.45) is 4.04. The Bertz CT molecular complexity index is 445. The normalized spacial score (nSPS) is 10.2. The van der Waals surface area contributed by atoms with Crippen molar-refractivity contribution in [3.05, 3.63) is 29.7 Å². The van der Waals surface area contributed by atoms with E-state index in [1.54, 1.807) is 12.3 Å². The van der Waals surface area contributed by atoms with Crippen LogP contribution in [0.25, 0.3) is 0 Å². The highest BCUT2D eigenvalue weighted by Gasteiger charge is 2.10. The lowest BCUT2D eigenvalue weighted by Gasteiger charge is -2.01. The lowest BCUT2D eigenvalue weighted by molar-refractivity contribution is 0.102. The summed E-state index contributed by atoms with van der Waals surface area (Å²) in [5.74, 6) is 0.406. The Morgan fingerprint density at radius 1 is 1.47 bits per heavy atom. The third kappa shape index (κ3) is 1.88. The molecular formula is C9H11N5O. The van der Waals surface area contributed by atoms with Crippen LogP contribution in [0.4, 0.5) is 5.82 Å². The van der Waals surface area contributed by atoms with Crippen LogP contribution in [0.15, 0.2) is 18.5 Å². The summed E-state index contributed by atoms with van der Waals surface area (Å²) in [4.78, 5) is 11.6. The fourth-order valence-corrected chi connectivity index (χ4v) is 1.25. The molecule has 0 saturated heterocycles. The maximum Gasteiger partial charge on any atom is 0.274 e. The summed E-state index contributed by atoms with van der Waals surface area (Å²) in [7, 11) is 0. The van der Waals surface area contributed by atoms with Crippen LogP contribution in [0.1, 0.15) is 23.0 Å². The Morgan fingerprint density at radius 3 is 3.00 bits per heavy atom. The Morgan fingerprint density at radius 2 is 2.33 bits per heavy atom. The molecule has 0 aliphatic heterocycles. The van der Waals surface area contributed by atoms with Gasteiger partial charge < -0.3 is 5.32 Å². The minimum atomic E-state index is -0.230. The van der Waals surface area contributed by atoms with Gasteiger partial charge in [-0.15, -0.1) is 0 Å². The molecule has 0 aliphatic carbocycles. The Balaban J connectivity index is 2.13. The number of nitrogens with zero attached hydrogens (tertiary/aromatic N) is 2. The van der Waals surface area contributed by atoms with Crippen LogP contribution in [0.2, 0.25) is 0 Å². The first-order chi connectivity index (χ1) is 7.31. The van der Waals surface area contributed by atoms with Crippen LogP contribution in [-0.4, -0.2) is 26.3 Å². The smallest absolute Gasteiger partial charge is 0.274 e. The van der Waals surface area contributed by atoms with Gasteiger partial charge in [-0.05, 0) is 12.5 Å². The number of hydrogen-bond acceptors (Lipinski definition) is 3. The highest BCUT2D eigenvalue weighted by Crippen LogP contribution is 2.11. The summed E-state index contributed by atoms with van der Waals surface area (Å²) in [6, 6.07) is 1.61. The van der Waals surface area contributed by atoms with E-state index in [2.05, 4.69) is 25.7 Å². The number of amides is 1. The zero-order valence-corrected chi connectivity index (χ0v) is 8.24. The van der Waals surface area contributed by atoms with Crippen LogP contribution in [0, 0.1) is 0 Å². The highest BCUT2D eigenvalue weighted by atomic mass is 16.2. The van der Waals surface area contributed by atoms with Crippen molar-refractivity contribution in [3.8, 4) is 0 Å². The van der Waals surface area contributed by atoms with Gasteiger partial charge in [0, 0.05) is 11.8 Å². The molecule has 2 aromatic heterocycles. The summed E-state index contributed by atoms with van der Waals surface area (Å²) in [6.45, 7) is 2.00. The number of aromatic amines is 2. The molecule has 0 fully saturated rings. The van der Waals surface area contributed by atoms with Gasteiger partial charge in [0.05, 0.1) is 6.20 Å². The topological polar surface area (TPSA) is 86.5 Å². The number of H-pyrrole nitrogens is 2. The third-order valence-electron chi connectivity index (χ3n) is 2.08. The van der Waals surface area contributed by atoms with Crippen LogP contribution in [0.3, 0.4) is 0 Å². The van der Waals surface area contributed by atoms with Gasteiger partial charge in [-0.1, -0.05) is 6.92 Å². The van der Waals surface area contributed by atoms with Gasteiger partial charge in [0.2, 0.25) is 0 Å². The molecule has 6 heteroatoms. The molecule has 3 N–H and O–H groups in total. The van der Waals surface area contributed by atoms with E-state index >= 15 is 0 Å². The quantitative estimate of drug-likeness (QED) is 0.697. The van der Waals surface area contributed by atoms with Crippen LogP contribution in [-0.2, 0) is 6.42 Å². The molecule has 0 radical (unpaired) electrons. The predicted octanol–water partition coefficient (Wildman–Crippen LogP) is 0.948. The van der Waals surface area contributed by atoms with Crippen molar-refractivity contribution < 1.29 is 4.79 Å². The van der Waals surface area contributed by atoms with E-state index in [1.807, 2.05) is 6.92 Å². The number of hydrogen-bond donors (Lipinski definition) is 3. The average molecular weight is 205 g/mol. The van der Waals surface area contributed by atoms with Crippen molar-refractivity contribution in [2.24, 2.45) is 0 Å². The predicted molar refractivity (Wildman–Crippen MR) is 54.5 cm³/mol. The monoisotopic (exact) mass is 205 g/mol. The lowest BCUT2D eigenvalue weighted by Crippen LogP contribution is -2.13. The number of aromatic nitrogens is 4. The molecule has 6 nitrogen and oxygen atoms in total. The molecule has 1 amide bonds. The number of carbonyl (C=O) groups is 1. The molecule has 2 heterocycles. The van der Waals surface area contributed by atoms with E-state index in [9.17, 15) is 4.79 Å². The first-order valence-electron chi connectivity index (χ1n) is 4.64. The van der Waals surface area contributed by atoms with Gasteiger partial charge in [0.15, 0.2) is 0 Å². The van der Waals surface area contributed by atoms with Crippen molar-refractivity contribution in [1.29, 1.82) is 0 Å². The van der Waals surface area contributed by atoms with Crippen LogP contribution >= 0.6 is 0 Å².